The molecule has 0 aliphatic carbocycles. The van der Waals surface area contributed by atoms with Crippen molar-refractivity contribution in [3.05, 3.63) is 94.6 Å². The third-order valence-electron chi connectivity index (χ3n) is 6.15. The third kappa shape index (κ3) is 4.85. The number of nitrogens with zero attached hydrogens (tertiary/aromatic N) is 1. The Morgan fingerprint density at radius 3 is 2.42 bits per heavy atom. The van der Waals surface area contributed by atoms with E-state index in [1.54, 1.807) is 49.6 Å². The van der Waals surface area contributed by atoms with Crippen LogP contribution in [0.2, 0.25) is 0 Å². The number of ether oxygens (including phenoxy) is 2. The van der Waals surface area contributed by atoms with Crippen molar-refractivity contribution in [3.8, 4) is 11.5 Å². The predicted octanol–water partition coefficient (Wildman–Crippen LogP) is 5.97. The second kappa shape index (κ2) is 10.3. The molecule has 4 rings (SSSR count). The molecule has 1 aliphatic rings. The van der Waals surface area contributed by atoms with Crippen LogP contribution in [0, 0.1) is 19.8 Å². The minimum absolute atomic E-state index is 0.0324. The van der Waals surface area contributed by atoms with Crippen molar-refractivity contribution in [1.82, 2.24) is 0 Å². The summed E-state index contributed by atoms with van der Waals surface area (Å²) in [6.45, 7) is 8.52. The smallest absolute Gasteiger partial charge is 0.300 e. The molecule has 1 fully saturated rings. The zero-order chi connectivity index (χ0) is 26.0. The number of benzene rings is 3. The van der Waals surface area contributed by atoms with Gasteiger partial charge < -0.3 is 14.6 Å². The summed E-state index contributed by atoms with van der Waals surface area (Å²) in [4.78, 5) is 28.2. The Balaban J connectivity index is 1.87. The highest BCUT2D eigenvalue weighted by atomic mass is 16.5. The number of hydrogen-bond donors (Lipinski definition) is 1. The first-order valence-electron chi connectivity index (χ1n) is 12.0. The van der Waals surface area contributed by atoms with Crippen LogP contribution in [0.4, 0.5) is 5.69 Å². The molecular weight excluding hydrogens is 454 g/mol. The molecular formula is C30H31NO5. The number of ketones is 1. The van der Waals surface area contributed by atoms with Gasteiger partial charge in [0.15, 0.2) is 0 Å². The zero-order valence-electron chi connectivity index (χ0n) is 21.2. The number of methoxy groups -OCH3 is 1. The first kappa shape index (κ1) is 25.0. The predicted molar refractivity (Wildman–Crippen MR) is 140 cm³/mol. The van der Waals surface area contributed by atoms with Crippen LogP contribution in [0.5, 0.6) is 11.5 Å². The van der Waals surface area contributed by atoms with Crippen LogP contribution in [0.25, 0.3) is 5.76 Å². The van der Waals surface area contributed by atoms with Gasteiger partial charge in [0.05, 0.1) is 25.3 Å². The molecule has 3 aromatic carbocycles. The number of carbonyl (C=O) groups excluding carboxylic acids is 2. The number of aliphatic hydroxyl groups excluding tert-OH is 1. The maximum absolute atomic E-state index is 13.4. The van der Waals surface area contributed by atoms with Crippen LogP contribution in [-0.4, -0.2) is 30.5 Å². The lowest BCUT2D eigenvalue weighted by atomic mass is 9.94. The Bertz CT molecular complexity index is 1340. The van der Waals surface area contributed by atoms with Crippen molar-refractivity contribution in [2.24, 2.45) is 5.92 Å². The maximum Gasteiger partial charge on any atom is 0.300 e. The molecule has 1 heterocycles. The number of hydrogen-bond acceptors (Lipinski definition) is 5. The normalized spacial score (nSPS) is 17.1. The molecule has 0 aromatic heterocycles. The summed E-state index contributed by atoms with van der Waals surface area (Å²) in [6, 6.07) is 19.0. The van der Waals surface area contributed by atoms with Gasteiger partial charge in [0.2, 0.25) is 0 Å². The summed E-state index contributed by atoms with van der Waals surface area (Å²) in [5, 5.41) is 11.4. The highest BCUT2D eigenvalue weighted by Gasteiger charge is 2.47. The number of aliphatic hydroxyl groups is 1. The van der Waals surface area contributed by atoms with Crippen LogP contribution < -0.4 is 14.4 Å². The van der Waals surface area contributed by atoms with Gasteiger partial charge in [0.25, 0.3) is 11.7 Å². The van der Waals surface area contributed by atoms with Crippen molar-refractivity contribution in [3.63, 3.8) is 0 Å². The lowest BCUT2D eigenvalue weighted by molar-refractivity contribution is -0.132. The lowest BCUT2D eigenvalue weighted by Crippen LogP contribution is -2.29. The molecule has 36 heavy (non-hydrogen) atoms. The molecule has 0 spiro atoms. The number of rotatable bonds is 7. The van der Waals surface area contributed by atoms with Crippen molar-refractivity contribution in [1.29, 1.82) is 0 Å². The van der Waals surface area contributed by atoms with Crippen molar-refractivity contribution < 1.29 is 24.2 Å². The van der Waals surface area contributed by atoms with Gasteiger partial charge in [-0.05, 0) is 78.9 Å². The van der Waals surface area contributed by atoms with E-state index in [2.05, 4.69) is 13.8 Å². The fraction of sp³-hybridized carbons (Fsp3) is 0.267. The van der Waals surface area contributed by atoms with E-state index in [4.69, 9.17) is 9.47 Å². The van der Waals surface area contributed by atoms with Gasteiger partial charge in [-0.2, -0.15) is 0 Å². The van der Waals surface area contributed by atoms with E-state index in [-0.39, 0.29) is 11.3 Å². The second-order valence-corrected chi connectivity index (χ2v) is 9.47. The van der Waals surface area contributed by atoms with Crippen LogP contribution in [0.1, 0.15) is 42.1 Å². The third-order valence-corrected chi connectivity index (χ3v) is 6.15. The molecule has 0 radical (unpaired) electrons. The Morgan fingerprint density at radius 2 is 1.75 bits per heavy atom. The first-order valence-corrected chi connectivity index (χ1v) is 12.0. The SMILES string of the molecule is COc1cccc(C2/C(=C(/O)c3ccc(OCC(C)C)c(C)c3)C(=O)C(=O)N2c2cccc(C)c2)c1. The molecule has 3 aromatic rings. The molecule has 186 valence electrons. The van der Waals surface area contributed by atoms with Gasteiger partial charge in [-0.15, -0.1) is 0 Å². The number of amides is 1. The van der Waals surface area contributed by atoms with Crippen LogP contribution in [0.15, 0.2) is 72.3 Å². The van der Waals surface area contributed by atoms with E-state index in [9.17, 15) is 14.7 Å². The fourth-order valence-electron chi connectivity index (χ4n) is 4.37. The molecule has 6 heteroatoms. The molecule has 6 nitrogen and oxygen atoms in total. The Morgan fingerprint density at radius 1 is 1.00 bits per heavy atom. The van der Waals surface area contributed by atoms with Gasteiger partial charge in [-0.25, -0.2) is 0 Å². The highest BCUT2D eigenvalue weighted by Crippen LogP contribution is 2.43. The maximum atomic E-state index is 13.4. The molecule has 1 amide bonds. The molecule has 1 aliphatic heterocycles. The van der Waals surface area contributed by atoms with E-state index in [0.29, 0.717) is 40.8 Å². The van der Waals surface area contributed by atoms with Gasteiger partial charge in [-0.1, -0.05) is 38.1 Å². The largest absolute Gasteiger partial charge is 0.507 e. The van der Waals surface area contributed by atoms with Gasteiger partial charge in [0.1, 0.15) is 17.3 Å². The number of aryl methyl sites for hydroxylation is 2. The average molecular weight is 486 g/mol. The number of Topliss-reactive ketones (excluding diaryl/α,β-unsaturated/α-hetero) is 1. The summed E-state index contributed by atoms with van der Waals surface area (Å²) in [5.41, 5.74) is 3.49. The summed E-state index contributed by atoms with van der Waals surface area (Å²) in [7, 11) is 1.56. The molecule has 0 saturated carbocycles. The van der Waals surface area contributed by atoms with Crippen LogP contribution in [-0.2, 0) is 9.59 Å². The number of anilines is 1. The summed E-state index contributed by atoms with van der Waals surface area (Å²) in [6.07, 6.45) is 0. The second-order valence-electron chi connectivity index (χ2n) is 9.47. The summed E-state index contributed by atoms with van der Waals surface area (Å²) >= 11 is 0. The van der Waals surface area contributed by atoms with E-state index in [1.807, 2.05) is 38.1 Å². The van der Waals surface area contributed by atoms with Crippen molar-refractivity contribution in [2.75, 3.05) is 18.6 Å². The Labute approximate surface area is 211 Å². The minimum atomic E-state index is -0.820. The lowest BCUT2D eigenvalue weighted by Gasteiger charge is -2.26. The van der Waals surface area contributed by atoms with Gasteiger partial charge in [0, 0.05) is 11.3 Å². The topological polar surface area (TPSA) is 76.1 Å². The standard InChI is InChI=1S/C30H31NO5/c1-18(2)17-36-25-13-12-22(15-20(25)4)28(32)26-27(21-9-7-11-24(16-21)35-5)31(30(34)29(26)33)23-10-6-8-19(3)14-23/h6-16,18,27,32H,17H2,1-5H3/b28-26-. The Hall–Kier alpha value is -4.06. The quantitative estimate of drug-likeness (QED) is 0.253. The van der Waals surface area contributed by atoms with Gasteiger partial charge in [-0.3, -0.25) is 14.5 Å². The average Bonchev–Trinajstić information content (AvgIpc) is 3.13. The van der Waals surface area contributed by atoms with Gasteiger partial charge >= 0.3 is 0 Å². The monoisotopic (exact) mass is 485 g/mol. The highest BCUT2D eigenvalue weighted by molar-refractivity contribution is 6.51. The van der Waals surface area contributed by atoms with Crippen molar-refractivity contribution >= 4 is 23.1 Å². The van der Waals surface area contributed by atoms with E-state index in [1.165, 1.54) is 4.90 Å². The molecule has 1 unspecified atom stereocenters. The summed E-state index contributed by atoms with van der Waals surface area (Å²) < 4.78 is 11.3. The molecule has 1 saturated heterocycles. The van der Waals surface area contributed by atoms with Crippen LogP contribution in [0.3, 0.4) is 0 Å². The zero-order valence-corrected chi connectivity index (χ0v) is 21.2. The first-order chi connectivity index (χ1) is 17.2. The minimum Gasteiger partial charge on any atom is -0.507 e. The van der Waals surface area contributed by atoms with E-state index < -0.39 is 17.7 Å². The van der Waals surface area contributed by atoms with E-state index >= 15 is 0 Å². The van der Waals surface area contributed by atoms with Crippen molar-refractivity contribution in [2.45, 2.75) is 33.7 Å². The fourth-order valence-corrected chi connectivity index (χ4v) is 4.37. The molecule has 0 bridgehead atoms. The molecule has 1 N–H and O–H groups in total. The van der Waals surface area contributed by atoms with E-state index in [0.717, 1.165) is 11.1 Å². The number of carbonyl (C=O) groups is 2. The molecule has 1 atom stereocenters. The summed E-state index contributed by atoms with van der Waals surface area (Å²) in [5.74, 6) is 0.0191. The Kier molecular flexibility index (Phi) is 7.15. The van der Waals surface area contributed by atoms with Crippen LogP contribution >= 0.6 is 0 Å².